The van der Waals surface area contributed by atoms with Gasteiger partial charge in [-0.3, -0.25) is 4.90 Å². The van der Waals surface area contributed by atoms with Crippen molar-refractivity contribution in [2.75, 3.05) is 47.8 Å². The average molecular weight is 838 g/mol. The van der Waals surface area contributed by atoms with E-state index in [1.807, 2.05) is 36.8 Å². The highest BCUT2D eigenvalue weighted by molar-refractivity contribution is 5.79. The molecule has 9 rings (SSSR count). The summed E-state index contributed by atoms with van der Waals surface area (Å²) in [7, 11) is 8.42. The van der Waals surface area contributed by atoms with E-state index in [4.69, 9.17) is 0 Å². The molecule has 0 fully saturated rings. The molecule has 6 aromatic heterocycles. The van der Waals surface area contributed by atoms with Crippen molar-refractivity contribution >= 4 is 33.1 Å². The Morgan fingerprint density at radius 2 is 0.778 bits per heavy atom. The first-order valence-corrected chi connectivity index (χ1v) is 22.2. The van der Waals surface area contributed by atoms with Crippen LogP contribution in [0.5, 0.6) is 0 Å². The van der Waals surface area contributed by atoms with E-state index in [1.165, 1.54) is 49.9 Å². The molecule has 324 valence electrons. The maximum Gasteiger partial charge on any atom is 0.140 e. The average Bonchev–Trinajstić information content (AvgIpc) is 3.96. The van der Waals surface area contributed by atoms with Crippen molar-refractivity contribution in [2.45, 2.75) is 53.0 Å². The van der Waals surface area contributed by atoms with Crippen molar-refractivity contribution in [3.05, 3.63) is 198 Å². The van der Waals surface area contributed by atoms with E-state index in [0.29, 0.717) is 0 Å². The Bertz CT molecular complexity index is 2750. The van der Waals surface area contributed by atoms with E-state index in [2.05, 4.69) is 213 Å². The van der Waals surface area contributed by atoms with E-state index >= 15 is 0 Å². The normalized spacial score (nSPS) is 11.4. The zero-order chi connectivity index (χ0) is 44.0. The Morgan fingerprint density at radius 3 is 1.14 bits per heavy atom. The molecule has 63 heavy (non-hydrogen) atoms. The number of hydrogen-bond acceptors (Lipinski definition) is 6. The van der Waals surface area contributed by atoms with E-state index in [-0.39, 0.29) is 0 Å². The minimum atomic E-state index is 0.866. The van der Waals surface area contributed by atoms with Crippen LogP contribution in [0.15, 0.2) is 164 Å². The quantitative estimate of drug-likeness (QED) is 0.103. The Balaban J connectivity index is 0.000000142. The topological polar surface area (TPSA) is 63.2 Å². The number of likely N-dealkylation sites (N-methyl/N-ethyl adjacent to an activating group) is 1. The predicted molar refractivity (Wildman–Crippen MR) is 262 cm³/mol. The summed E-state index contributed by atoms with van der Waals surface area (Å²) in [6.07, 6.45) is 6.66. The second kappa shape index (κ2) is 22.1. The van der Waals surface area contributed by atoms with Gasteiger partial charge in [-0.05, 0) is 113 Å². The molecule has 0 amide bonds. The molecule has 0 spiro atoms. The van der Waals surface area contributed by atoms with Gasteiger partial charge < -0.3 is 23.5 Å². The van der Waals surface area contributed by atoms with Crippen molar-refractivity contribution in [3.63, 3.8) is 0 Å². The first-order valence-electron chi connectivity index (χ1n) is 22.2. The van der Waals surface area contributed by atoms with Gasteiger partial charge in [0, 0.05) is 97.5 Å². The molecular formula is C54H63N9. The van der Waals surface area contributed by atoms with Crippen LogP contribution in [-0.4, -0.2) is 91.2 Å². The number of hydrogen-bond donors (Lipinski definition) is 0. The lowest BCUT2D eigenvalue weighted by molar-refractivity contribution is 0.289. The van der Waals surface area contributed by atoms with E-state index in [1.54, 1.807) is 0 Å². The van der Waals surface area contributed by atoms with Crippen LogP contribution in [0.4, 0.5) is 0 Å². The zero-order valence-corrected chi connectivity index (χ0v) is 38.0. The number of nitrogens with zero attached hydrogens (tertiary/aromatic N) is 9. The largest absolute Gasteiger partial charge is 0.325 e. The molecule has 0 N–H and O–H groups in total. The van der Waals surface area contributed by atoms with E-state index < -0.39 is 0 Å². The van der Waals surface area contributed by atoms with Gasteiger partial charge >= 0.3 is 0 Å². The van der Waals surface area contributed by atoms with Gasteiger partial charge in [0.25, 0.3) is 0 Å². The Hall–Kier alpha value is -6.39. The third-order valence-electron chi connectivity index (χ3n) is 11.3. The van der Waals surface area contributed by atoms with Crippen molar-refractivity contribution in [1.29, 1.82) is 0 Å². The SMILES string of the molecule is CCN(CC)Cc1cc2cccnc2n1Cc1ccccc1.CN(C)CCc1cc2cccnc2n1Cc1ccccc1.CN(C)Cc1cc2cccnc2n1Cc1ccccc1. The lowest BCUT2D eigenvalue weighted by atomic mass is 10.2. The van der Waals surface area contributed by atoms with Gasteiger partial charge in [-0.15, -0.1) is 0 Å². The summed E-state index contributed by atoms with van der Waals surface area (Å²) in [5.74, 6) is 0. The molecule has 0 unspecified atom stereocenters. The van der Waals surface area contributed by atoms with Crippen molar-refractivity contribution in [1.82, 2.24) is 43.4 Å². The summed E-state index contributed by atoms with van der Waals surface area (Å²) in [4.78, 5) is 20.6. The lowest BCUT2D eigenvalue weighted by Crippen LogP contribution is -2.24. The van der Waals surface area contributed by atoms with Crippen molar-refractivity contribution < 1.29 is 0 Å². The van der Waals surface area contributed by atoms with E-state index in [9.17, 15) is 0 Å². The molecule has 0 bridgehead atoms. The van der Waals surface area contributed by atoms with Gasteiger partial charge in [-0.2, -0.15) is 0 Å². The van der Waals surface area contributed by atoms with Gasteiger partial charge in [-0.25, -0.2) is 15.0 Å². The summed E-state index contributed by atoms with van der Waals surface area (Å²) < 4.78 is 7.00. The molecule has 3 aromatic carbocycles. The number of rotatable bonds is 15. The maximum atomic E-state index is 4.60. The zero-order valence-electron chi connectivity index (χ0n) is 38.0. The molecule has 6 heterocycles. The molecule has 0 aliphatic heterocycles. The summed E-state index contributed by atoms with van der Waals surface area (Å²) in [5.41, 5.74) is 11.1. The van der Waals surface area contributed by atoms with Crippen LogP contribution in [0, 0.1) is 0 Å². The molecule has 0 atom stereocenters. The molecule has 0 aliphatic carbocycles. The number of pyridine rings is 3. The van der Waals surface area contributed by atoms with Gasteiger partial charge in [0.2, 0.25) is 0 Å². The first-order chi connectivity index (χ1) is 30.8. The van der Waals surface area contributed by atoms with Crippen LogP contribution < -0.4 is 0 Å². The second-order valence-electron chi connectivity index (χ2n) is 16.6. The van der Waals surface area contributed by atoms with Crippen LogP contribution in [0.3, 0.4) is 0 Å². The van der Waals surface area contributed by atoms with Crippen LogP contribution in [0.25, 0.3) is 33.1 Å². The summed E-state index contributed by atoms with van der Waals surface area (Å²) >= 11 is 0. The first kappa shape index (κ1) is 44.7. The van der Waals surface area contributed by atoms with Crippen LogP contribution in [0.2, 0.25) is 0 Å². The molecular weight excluding hydrogens is 775 g/mol. The fraction of sp³-hybridized carbons (Fsp3) is 0.278. The van der Waals surface area contributed by atoms with Crippen LogP contribution >= 0.6 is 0 Å². The van der Waals surface area contributed by atoms with Crippen molar-refractivity contribution in [2.24, 2.45) is 0 Å². The molecule has 9 aromatic rings. The smallest absolute Gasteiger partial charge is 0.140 e. The molecule has 9 nitrogen and oxygen atoms in total. The standard InChI is InChI=1S/C19H23N3.C18H21N3.C17H19N3/c1-3-21(4-2)15-18-13-17-11-8-12-20-19(17)22(18)14-16-9-6-5-7-10-16;1-20(2)12-10-17-13-16-9-6-11-19-18(16)21(17)14-15-7-4-3-5-8-15;1-19(2)13-16-11-15-9-6-10-18-17(15)20(16)12-14-7-4-3-5-8-14/h5-13H,3-4,14-15H2,1-2H3;3-9,11,13H,10,12,14H2,1-2H3;3-11H,12-13H2,1-2H3. The Morgan fingerprint density at radius 1 is 0.413 bits per heavy atom. The second-order valence-corrected chi connectivity index (χ2v) is 16.6. The highest BCUT2D eigenvalue weighted by Gasteiger charge is 2.14. The van der Waals surface area contributed by atoms with E-state index in [0.717, 1.165) is 75.7 Å². The maximum absolute atomic E-state index is 4.60. The molecule has 0 saturated carbocycles. The fourth-order valence-electron chi connectivity index (χ4n) is 8.06. The molecule has 9 heteroatoms. The summed E-state index contributed by atoms with van der Waals surface area (Å²) in [5, 5.41) is 3.66. The summed E-state index contributed by atoms with van der Waals surface area (Å²) in [6.45, 7) is 12.1. The van der Waals surface area contributed by atoms with Crippen molar-refractivity contribution in [3.8, 4) is 0 Å². The lowest BCUT2D eigenvalue weighted by Gasteiger charge is -2.19. The van der Waals surface area contributed by atoms with Crippen LogP contribution in [0.1, 0.15) is 47.6 Å². The molecule has 0 aliphatic rings. The predicted octanol–water partition coefficient (Wildman–Crippen LogP) is 10.3. The third-order valence-corrected chi connectivity index (χ3v) is 11.3. The van der Waals surface area contributed by atoms with Crippen LogP contribution in [-0.2, 0) is 39.1 Å². The Kier molecular flexibility index (Phi) is 15.7. The minimum absolute atomic E-state index is 0.866. The third kappa shape index (κ3) is 12.0. The molecule has 0 radical (unpaired) electrons. The molecule has 0 saturated heterocycles. The highest BCUT2D eigenvalue weighted by Crippen LogP contribution is 2.23. The monoisotopic (exact) mass is 838 g/mol. The van der Waals surface area contributed by atoms with Gasteiger partial charge in [0.15, 0.2) is 0 Å². The number of fused-ring (bicyclic) bond motifs is 3. The van der Waals surface area contributed by atoms with Gasteiger partial charge in [0.05, 0.1) is 0 Å². The number of aromatic nitrogens is 6. The highest BCUT2D eigenvalue weighted by atomic mass is 15.2. The minimum Gasteiger partial charge on any atom is -0.325 e. The van der Waals surface area contributed by atoms with Gasteiger partial charge in [0.1, 0.15) is 16.9 Å². The Labute approximate surface area is 373 Å². The summed E-state index contributed by atoms with van der Waals surface area (Å²) in [6, 6.07) is 51.0. The van der Waals surface area contributed by atoms with Gasteiger partial charge in [-0.1, -0.05) is 105 Å². The fourth-order valence-corrected chi connectivity index (χ4v) is 8.06. The number of benzene rings is 3.